The summed E-state index contributed by atoms with van der Waals surface area (Å²) in [6, 6.07) is 8.44. The minimum atomic E-state index is 0.221. The summed E-state index contributed by atoms with van der Waals surface area (Å²) < 4.78 is 0. The average Bonchev–Trinajstić information content (AvgIpc) is 2.27. The van der Waals surface area contributed by atoms with Gasteiger partial charge in [-0.1, -0.05) is 12.1 Å². The van der Waals surface area contributed by atoms with Crippen LogP contribution < -0.4 is 0 Å². The van der Waals surface area contributed by atoms with E-state index in [9.17, 15) is 4.79 Å². The van der Waals surface area contributed by atoms with E-state index in [0.717, 1.165) is 12.8 Å². The second-order valence-electron chi connectivity index (χ2n) is 4.00. The van der Waals surface area contributed by atoms with Gasteiger partial charge in [-0.2, -0.15) is 0 Å². The minimum absolute atomic E-state index is 0.221. The van der Waals surface area contributed by atoms with E-state index < -0.39 is 0 Å². The van der Waals surface area contributed by atoms with Crippen molar-refractivity contribution >= 4 is 29.3 Å². The van der Waals surface area contributed by atoms with Crippen LogP contribution in [0, 0.1) is 0 Å². The Labute approximate surface area is 98.0 Å². The number of carbonyl (C=O) groups excluding carboxylic acids is 1. The number of hydrogen-bond donors (Lipinski definition) is 0. The van der Waals surface area contributed by atoms with Crippen LogP contribution in [0.15, 0.2) is 34.1 Å². The standard InChI is InChI=1S/C12H12OS2/c13-8-4-3-7-11-12(8)15-10-6-2-1-5-9(10)14-11/h1-2,5-6,11-12H,3-4,7H2. The molecule has 1 fully saturated rings. The molecule has 0 amide bonds. The average molecular weight is 236 g/mol. The number of Topliss-reactive ketones (excluding diaryl/α,β-unsaturated/α-hetero) is 1. The Hall–Kier alpha value is -0.410. The first-order valence-corrected chi connectivity index (χ1v) is 7.05. The zero-order valence-corrected chi connectivity index (χ0v) is 9.94. The van der Waals surface area contributed by atoms with Crippen molar-refractivity contribution in [2.75, 3.05) is 0 Å². The molecule has 1 aliphatic carbocycles. The molecule has 3 rings (SSSR count). The van der Waals surface area contributed by atoms with Crippen LogP contribution in [0.1, 0.15) is 19.3 Å². The minimum Gasteiger partial charge on any atom is -0.298 e. The lowest BCUT2D eigenvalue weighted by molar-refractivity contribution is -0.119. The predicted molar refractivity (Wildman–Crippen MR) is 64.6 cm³/mol. The molecule has 0 saturated heterocycles. The maximum atomic E-state index is 11.8. The van der Waals surface area contributed by atoms with Crippen molar-refractivity contribution in [3.8, 4) is 0 Å². The van der Waals surface area contributed by atoms with Crippen molar-refractivity contribution < 1.29 is 4.79 Å². The third-order valence-corrected chi connectivity index (χ3v) is 6.13. The number of fused-ring (bicyclic) bond motifs is 2. The molecule has 1 nitrogen and oxygen atoms in total. The van der Waals surface area contributed by atoms with Crippen LogP contribution >= 0.6 is 23.5 Å². The summed E-state index contributed by atoms with van der Waals surface area (Å²) in [5.41, 5.74) is 0. The fraction of sp³-hybridized carbons (Fsp3) is 0.417. The van der Waals surface area contributed by atoms with E-state index in [-0.39, 0.29) is 5.25 Å². The molecular formula is C12H12OS2. The van der Waals surface area contributed by atoms with Crippen LogP contribution in [-0.2, 0) is 4.79 Å². The number of carbonyl (C=O) groups is 1. The summed E-state index contributed by atoms with van der Waals surface area (Å²) in [7, 11) is 0. The van der Waals surface area contributed by atoms with Crippen LogP contribution in [0.25, 0.3) is 0 Å². The lowest BCUT2D eigenvalue weighted by Crippen LogP contribution is -2.34. The Morgan fingerprint density at radius 3 is 2.67 bits per heavy atom. The molecule has 0 aromatic heterocycles. The van der Waals surface area contributed by atoms with E-state index in [2.05, 4.69) is 24.3 Å². The SMILES string of the molecule is O=C1CCCC2Sc3ccccc3SC12. The van der Waals surface area contributed by atoms with E-state index >= 15 is 0 Å². The molecule has 2 aliphatic rings. The lowest BCUT2D eigenvalue weighted by Gasteiger charge is -2.34. The van der Waals surface area contributed by atoms with Crippen LogP contribution in [-0.4, -0.2) is 16.3 Å². The summed E-state index contributed by atoms with van der Waals surface area (Å²) in [6.45, 7) is 0. The largest absolute Gasteiger partial charge is 0.298 e. The number of thioether (sulfide) groups is 2. The van der Waals surface area contributed by atoms with Crippen LogP contribution in [0.3, 0.4) is 0 Å². The molecule has 1 heterocycles. The molecular weight excluding hydrogens is 224 g/mol. The maximum Gasteiger partial charge on any atom is 0.147 e. The molecule has 0 N–H and O–H groups in total. The second-order valence-corrected chi connectivity index (χ2v) is 6.46. The highest BCUT2D eigenvalue weighted by molar-refractivity contribution is 8.07. The van der Waals surface area contributed by atoms with Crippen molar-refractivity contribution in [2.45, 2.75) is 39.6 Å². The molecule has 15 heavy (non-hydrogen) atoms. The first-order chi connectivity index (χ1) is 7.34. The monoisotopic (exact) mass is 236 g/mol. The van der Waals surface area contributed by atoms with Gasteiger partial charge < -0.3 is 0 Å². The number of rotatable bonds is 0. The zero-order valence-electron chi connectivity index (χ0n) is 8.31. The quantitative estimate of drug-likeness (QED) is 0.687. The van der Waals surface area contributed by atoms with Gasteiger partial charge in [-0.25, -0.2) is 0 Å². The Morgan fingerprint density at radius 1 is 1.13 bits per heavy atom. The Morgan fingerprint density at radius 2 is 1.87 bits per heavy atom. The zero-order chi connectivity index (χ0) is 10.3. The Kier molecular flexibility index (Phi) is 2.53. The lowest BCUT2D eigenvalue weighted by atomic mass is 9.98. The van der Waals surface area contributed by atoms with Gasteiger partial charge in [0.2, 0.25) is 0 Å². The predicted octanol–water partition coefficient (Wildman–Crippen LogP) is 3.37. The fourth-order valence-electron chi connectivity index (χ4n) is 2.19. The van der Waals surface area contributed by atoms with Gasteiger partial charge in [0.25, 0.3) is 0 Å². The van der Waals surface area contributed by atoms with Crippen molar-refractivity contribution in [1.29, 1.82) is 0 Å². The summed E-state index contributed by atoms with van der Waals surface area (Å²) in [6.07, 6.45) is 3.06. The normalized spacial score (nSPS) is 29.5. The van der Waals surface area contributed by atoms with Crippen molar-refractivity contribution in [3.63, 3.8) is 0 Å². The van der Waals surface area contributed by atoms with Gasteiger partial charge in [0.05, 0.1) is 5.25 Å². The fourth-order valence-corrected chi connectivity index (χ4v) is 5.19. The first kappa shape index (κ1) is 9.79. The molecule has 3 heteroatoms. The molecule has 0 bridgehead atoms. The van der Waals surface area contributed by atoms with Gasteiger partial charge in [-0.05, 0) is 25.0 Å². The van der Waals surface area contributed by atoms with Crippen LogP contribution in [0.4, 0.5) is 0 Å². The number of hydrogen-bond acceptors (Lipinski definition) is 3. The van der Waals surface area contributed by atoms with Crippen molar-refractivity contribution in [3.05, 3.63) is 24.3 Å². The Bertz CT molecular complexity index is 402. The third kappa shape index (κ3) is 1.72. The number of ketones is 1. The molecule has 2 unspecified atom stereocenters. The van der Waals surface area contributed by atoms with E-state index in [1.807, 2.05) is 11.8 Å². The Balaban J connectivity index is 1.95. The second kappa shape index (κ2) is 3.87. The van der Waals surface area contributed by atoms with Gasteiger partial charge in [-0.15, -0.1) is 23.5 Å². The maximum absolute atomic E-state index is 11.8. The summed E-state index contributed by atoms with van der Waals surface area (Å²) >= 11 is 3.68. The van der Waals surface area contributed by atoms with Crippen molar-refractivity contribution in [2.24, 2.45) is 0 Å². The smallest absolute Gasteiger partial charge is 0.147 e. The van der Waals surface area contributed by atoms with E-state index in [1.54, 1.807) is 11.8 Å². The van der Waals surface area contributed by atoms with Gasteiger partial charge in [0.15, 0.2) is 0 Å². The van der Waals surface area contributed by atoms with Gasteiger partial charge >= 0.3 is 0 Å². The molecule has 2 atom stereocenters. The van der Waals surface area contributed by atoms with Crippen LogP contribution in [0.2, 0.25) is 0 Å². The van der Waals surface area contributed by atoms with E-state index in [0.29, 0.717) is 11.0 Å². The van der Waals surface area contributed by atoms with E-state index in [1.165, 1.54) is 16.2 Å². The van der Waals surface area contributed by atoms with Crippen LogP contribution in [0.5, 0.6) is 0 Å². The molecule has 1 saturated carbocycles. The van der Waals surface area contributed by atoms with Gasteiger partial charge in [0.1, 0.15) is 5.78 Å². The van der Waals surface area contributed by atoms with Gasteiger partial charge in [0, 0.05) is 21.5 Å². The molecule has 1 aromatic carbocycles. The first-order valence-electron chi connectivity index (χ1n) is 5.29. The van der Waals surface area contributed by atoms with Gasteiger partial charge in [-0.3, -0.25) is 4.79 Å². The molecule has 0 spiro atoms. The molecule has 0 radical (unpaired) electrons. The summed E-state index contributed by atoms with van der Waals surface area (Å²) in [5, 5.41) is 0.741. The topological polar surface area (TPSA) is 17.1 Å². The highest BCUT2D eigenvalue weighted by atomic mass is 32.2. The molecule has 1 aliphatic heterocycles. The highest BCUT2D eigenvalue weighted by Gasteiger charge is 2.36. The van der Waals surface area contributed by atoms with E-state index in [4.69, 9.17) is 0 Å². The number of benzene rings is 1. The summed E-state index contributed by atoms with van der Waals surface area (Å²) in [4.78, 5) is 14.5. The molecule has 78 valence electrons. The highest BCUT2D eigenvalue weighted by Crippen LogP contribution is 2.48. The van der Waals surface area contributed by atoms with Crippen molar-refractivity contribution in [1.82, 2.24) is 0 Å². The molecule has 1 aromatic rings. The summed E-state index contributed by atoms with van der Waals surface area (Å²) in [5.74, 6) is 0.457. The third-order valence-electron chi connectivity index (χ3n) is 2.95.